The molecule has 0 amide bonds. The molecule has 2 rings (SSSR count). The Labute approximate surface area is 116 Å². The SMILES string of the molecule is CC(NCCCC1CCCC1)c1ccc(Cl)cc1. The van der Waals surface area contributed by atoms with E-state index in [4.69, 9.17) is 11.6 Å². The maximum atomic E-state index is 5.90. The topological polar surface area (TPSA) is 12.0 Å². The van der Waals surface area contributed by atoms with E-state index in [9.17, 15) is 0 Å². The van der Waals surface area contributed by atoms with Crippen LogP contribution in [0.4, 0.5) is 0 Å². The average molecular weight is 266 g/mol. The maximum absolute atomic E-state index is 5.90. The lowest BCUT2D eigenvalue weighted by Gasteiger charge is -2.15. The van der Waals surface area contributed by atoms with Gasteiger partial charge in [-0.25, -0.2) is 0 Å². The van der Waals surface area contributed by atoms with Gasteiger partial charge >= 0.3 is 0 Å². The summed E-state index contributed by atoms with van der Waals surface area (Å²) >= 11 is 5.90. The van der Waals surface area contributed by atoms with Gasteiger partial charge in [0, 0.05) is 11.1 Å². The van der Waals surface area contributed by atoms with Crippen LogP contribution in [0.2, 0.25) is 5.02 Å². The molecule has 0 spiro atoms. The molecule has 1 unspecified atom stereocenters. The van der Waals surface area contributed by atoms with E-state index >= 15 is 0 Å². The van der Waals surface area contributed by atoms with Crippen molar-refractivity contribution in [3.63, 3.8) is 0 Å². The average Bonchev–Trinajstić information content (AvgIpc) is 2.88. The van der Waals surface area contributed by atoms with Crippen molar-refractivity contribution in [2.75, 3.05) is 6.54 Å². The van der Waals surface area contributed by atoms with Gasteiger partial charge in [-0.15, -0.1) is 0 Å². The summed E-state index contributed by atoms with van der Waals surface area (Å²) in [5.74, 6) is 1.01. The summed E-state index contributed by atoms with van der Waals surface area (Å²) in [6.45, 7) is 3.35. The normalized spacial score (nSPS) is 18.1. The van der Waals surface area contributed by atoms with Gasteiger partial charge in [0.05, 0.1) is 0 Å². The molecule has 1 atom stereocenters. The first kappa shape index (κ1) is 13.9. The van der Waals surface area contributed by atoms with Gasteiger partial charge in [0.1, 0.15) is 0 Å². The molecule has 0 aliphatic heterocycles. The summed E-state index contributed by atoms with van der Waals surface area (Å²) in [6.07, 6.45) is 8.56. The number of rotatable bonds is 6. The highest BCUT2D eigenvalue weighted by Crippen LogP contribution is 2.28. The third kappa shape index (κ3) is 4.29. The Balaban J connectivity index is 1.64. The Morgan fingerprint density at radius 3 is 2.56 bits per heavy atom. The van der Waals surface area contributed by atoms with Crippen LogP contribution in [0.25, 0.3) is 0 Å². The van der Waals surface area contributed by atoms with Gasteiger partial charge in [-0.3, -0.25) is 0 Å². The fourth-order valence-corrected chi connectivity index (χ4v) is 3.00. The molecule has 1 aromatic carbocycles. The van der Waals surface area contributed by atoms with Gasteiger partial charge in [0.15, 0.2) is 0 Å². The number of nitrogens with one attached hydrogen (secondary N) is 1. The van der Waals surface area contributed by atoms with Crippen molar-refractivity contribution in [1.82, 2.24) is 5.32 Å². The Morgan fingerprint density at radius 2 is 1.89 bits per heavy atom. The van der Waals surface area contributed by atoms with E-state index in [-0.39, 0.29) is 0 Å². The zero-order valence-corrected chi connectivity index (χ0v) is 12.0. The smallest absolute Gasteiger partial charge is 0.0406 e. The van der Waals surface area contributed by atoms with E-state index in [0.717, 1.165) is 17.5 Å². The van der Waals surface area contributed by atoms with Crippen LogP contribution < -0.4 is 5.32 Å². The highest BCUT2D eigenvalue weighted by molar-refractivity contribution is 6.30. The van der Waals surface area contributed by atoms with Gasteiger partial charge in [0.25, 0.3) is 0 Å². The van der Waals surface area contributed by atoms with Crippen molar-refractivity contribution in [2.24, 2.45) is 5.92 Å². The summed E-state index contributed by atoms with van der Waals surface area (Å²) in [7, 11) is 0. The van der Waals surface area contributed by atoms with Gasteiger partial charge in [-0.05, 0) is 49.9 Å². The lowest BCUT2D eigenvalue weighted by Crippen LogP contribution is -2.20. The molecule has 0 saturated heterocycles. The van der Waals surface area contributed by atoms with Crippen molar-refractivity contribution < 1.29 is 0 Å². The van der Waals surface area contributed by atoms with Gasteiger partial charge in [-0.1, -0.05) is 49.4 Å². The molecule has 2 heteroatoms. The molecule has 1 N–H and O–H groups in total. The van der Waals surface area contributed by atoms with E-state index in [2.05, 4.69) is 24.4 Å². The first-order valence-electron chi connectivity index (χ1n) is 7.24. The molecule has 100 valence electrons. The van der Waals surface area contributed by atoms with Gasteiger partial charge < -0.3 is 5.32 Å². The largest absolute Gasteiger partial charge is 0.310 e. The summed E-state index contributed by atoms with van der Waals surface area (Å²) in [5.41, 5.74) is 1.32. The fraction of sp³-hybridized carbons (Fsp3) is 0.625. The number of halogens is 1. The summed E-state index contributed by atoms with van der Waals surface area (Å²) in [6, 6.07) is 8.57. The minimum absolute atomic E-state index is 0.422. The third-order valence-electron chi connectivity index (χ3n) is 4.08. The highest BCUT2D eigenvalue weighted by Gasteiger charge is 2.14. The van der Waals surface area contributed by atoms with Gasteiger partial charge in [-0.2, -0.15) is 0 Å². The van der Waals surface area contributed by atoms with Crippen LogP contribution in [0.15, 0.2) is 24.3 Å². The molecule has 0 aromatic heterocycles. The molecular formula is C16H24ClN. The molecule has 0 heterocycles. The predicted molar refractivity (Wildman–Crippen MR) is 79.1 cm³/mol. The number of benzene rings is 1. The molecule has 1 aliphatic rings. The van der Waals surface area contributed by atoms with Gasteiger partial charge in [0.2, 0.25) is 0 Å². The summed E-state index contributed by atoms with van der Waals surface area (Å²) in [5, 5.41) is 4.41. The van der Waals surface area contributed by atoms with Crippen LogP contribution in [0.1, 0.15) is 57.1 Å². The second kappa shape index (κ2) is 7.16. The first-order valence-corrected chi connectivity index (χ1v) is 7.62. The van der Waals surface area contributed by atoms with Crippen molar-refractivity contribution in [1.29, 1.82) is 0 Å². The van der Waals surface area contributed by atoms with Crippen molar-refractivity contribution in [3.05, 3.63) is 34.9 Å². The molecule has 0 radical (unpaired) electrons. The lowest BCUT2D eigenvalue weighted by molar-refractivity contribution is 0.456. The molecule has 1 aromatic rings. The van der Waals surface area contributed by atoms with Crippen molar-refractivity contribution in [2.45, 2.75) is 51.5 Å². The van der Waals surface area contributed by atoms with Crippen LogP contribution >= 0.6 is 11.6 Å². The highest BCUT2D eigenvalue weighted by atomic mass is 35.5. The molecule has 1 fully saturated rings. The van der Waals surface area contributed by atoms with E-state index in [1.165, 1.54) is 44.1 Å². The quantitative estimate of drug-likeness (QED) is 0.717. The zero-order valence-electron chi connectivity index (χ0n) is 11.3. The Kier molecular flexibility index (Phi) is 5.52. The standard InChI is InChI=1S/C16H24ClN/c1-13(15-8-10-16(17)11-9-15)18-12-4-7-14-5-2-3-6-14/h8-11,13-14,18H,2-7,12H2,1H3. The molecule has 0 bridgehead atoms. The van der Waals surface area contributed by atoms with Crippen LogP contribution in [-0.4, -0.2) is 6.54 Å². The lowest BCUT2D eigenvalue weighted by atomic mass is 10.0. The van der Waals surface area contributed by atoms with Crippen LogP contribution in [0.5, 0.6) is 0 Å². The maximum Gasteiger partial charge on any atom is 0.0406 e. The second-order valence-electron chi connectivity index (χ2n) is 5.52. The minimum atomic E-state index is 0.422. The second-order valence-corrected chi connectivity index (χ2v) is 5.96. The summed E-state index contributed by atoms with van der Waals surface area (Å²) in [4.78, 5) is 0. The molecule has 18 heavy (non-hydrogen) atoms. The Hall–Kier alpha value is -0.530. The number of hydrogen-bond acceptors (Lipinski definition) is 1. The fourth-order valence-electron chi connectivity index (χ4n) is 2.88. The molecular weight excluding hydrogens is 242 g/mol. The van der Waals surface area contributed by atoms with Crippen LogP contribution in [0, 0.1) is 5.92 Å². The van der Waals surface area contributed by atoms with Crippen molar-refractivity contribution >= 4 is 11.6 Å². The molecule has 1 aliphatic carbocycles. The van der Waals surface area contributed by atoms with Crippen LogP contribution in [0.3, 0.4) is 0 Å². The van der Waals surface area contributed by atoms with E-state index < -0.39 is 0 Å². The number of hydrogen-bond donors (Lipinski definition) is 1. The first-order chi connectivity index (χ1) is 8.75. The third-order valence-corrected chi connectivity index (χ3v) is 4.34. The van der Waals surface area contributed by atoms with E-state index in [1.807, 2.05) is 12.1 Å². The zero-order chi connectivity index (χ0) is 12.8. The van der Waals surface area contributed by atoms with Crippen LogP contribution in [-0.2, 0) is 0 Å². The molecule has 1 nitrogen and oxygen atoms in total. The van der Waals surface area contributed by atoms with Crippen molar-refractivity contribution in [3.8, 4) is 0 Å². The monoisotopic (exact) mass is 265 g/mol. The molecule has 1 saturated carbocycles. The minimum Gasteiger partial charge on any atom is -0.310 e. The Bertz CT molecular complexity index is 341. The summed E-state index contributed by atoms with van der Waals surface area (Å²) < 4.78 is 0. The van der Waals surface area contributed by atoms with E-state index in [0.29, 0.717) is 6.04 Å². The predicted octanol–water partition coefficient (Wildman–Crippen LogP) is 4.96. The Morgan fingerprint density at radius 1 is 1.22 bits per heavy atom. The van der Waals surface area contributed by atoms with E-state index in [1.54, 1.807) is 0 Å².